The Morgan fingerprint density at radius 2 is 1.84 bits per heavy atom. The molecule has 0 radical (unpaired) electrons. The van der Waals surface area contributed by atoms with E-state index >= 15 is 0 Å². The molecule has 3 rings (SSSR count). The van der Waals surface area contributed by atoms with Crippen molar-refractivity contribution in [2.24, 2.45) is 0 Å². The summed E-state index contributed by atoms with van der Waals surface area (Å²) in [5, 5.41) is 3.05. The number of halogens is 3. The second-order valence-corrected chi connectivity index (χ2v) is 7.63. The van der Waals surface area contributed by atoms with Crippen molar-refractivity contribution < 1.29 is 13.9 Å². The minimum Gasteiger partial charge on any atom is -0.379 e. The highest BCUT2D eigenvalue weighted by molar-refractivity contribution is 6.36. The number of nitrogens with zero attached hydrogens (tertiary/aromatic N) is 1. The molecule has 1 aromatic rings. The maximum Gasteiger partial charge on any atom is 0.252 e. The summed E-state index contributed by atoms with van der Waals surface area (Å²) in [6.07, 6.45) is 5.65. The lowest BCUT2D eigenvalue weighted by Gasteiger charge is -2.48. The normalized spacial score (nSPS) is 21.1. The minimum absolute atomic E-state index is 0.0465. The molecule has 1 aliphatic heterocycles. The van der Waals surface area contributed by atoms with Crippen LogP contribution in [0.3, 0.4) is 0 Å². The molecule has 1 saturated heterocycles. The third kappa shape index (κ3) is 4.27. The fourth-order valence-corrected chi connectivity index (χ4v) is 4.36. The third-order valence-corrected chi connectivity index (χ3v) is 5.90. The summed E-state index contributed by atoms with van der Waals surface area (Å²) < 4.78 is 19.2. The monoisotopic (exact) mass is 388 g/mol. The van der Waals surface area contributed by atoms with Crippen LogP contribution in [0.4, 0.5) is 4.39 Å². The van der Waals surface area contributed by atoms with Crippen LogP contribution in [0.15, 0.2) is 12.1 Å². The highest BCUT2D eigenvalue weighted by atomic mass is 35.5. The van der Waals surface area contributed by atoms with Crippen LogP contribution in [0.5, 0.6) is 0 Å². The third-order valence-electron chi connectivity index (χ3n) is 5.30. The molecule has 0 bridgehead atoms. The Bertz CT molecular complexity index is 630. The van der Waals surface area contributed by atoms with Gasteiger partial charge in [-0.25, -0.2) is 4.39 Å². The molecular formula is C18H23Cl2FN2O2. The summed E-state index contributed by atoms with van der Waals surface area (Å²) in [7, 11) is 0. The lowest BCUT2D eigenvalue weighted by Crippen LogP contribution is -2.59. The smallest absolute Gasteiger partial charge is 0.252 e. The van der Waals surface area contributed by atoms with E-state index in [-0.39, 0.29) is 27.1 Å². The van der Waals surface area contributed by atoms with E-state index in [9.17, 15) is 9.18 Å². The second-order valence-electron chi connectivity index (χ2n) is 6.81. The van der Waals surface area contributed by atoms with E-state index in [2.05, 4.69) is 10.2 Å². The van der Waals surface area contributed by atoms with Gasteiger partial charge in [0.1, 0.15) is 5.82 Å². The van der Waals surface area contributed by atoms with Crippen molar-refractivity contribution in [3.8, 4) is 0 Å². The highest BCUT2D eigenvalue weighted by Gasteiger charge is 2.39. The number of carbonyl (C=O) groups excluding carboxylic acids is 1. The topological polar surface area (TPSA) is 41.6 Å². The molecule has 2 fully saturated rings. The van der Waals surface area contributed by atoms with Crippen molar-refractivity contribution in [2.75, 3.05) is 32.8 Å². The van der Waals surface area contributed by atoms with E-state index in [0.29, 0.717) is 6.54 Å². The van der Waals surface area contributed by atoms with Crippen LogP contribution in [0.25, 0.3) is 0 Å². The molecule has 1 saturated carbocycles. The van der Waals surface area contributed by atoms with Crippen molar-refractivity contribution in [3.63, 3.8) is 0 Å². The summed E-state index contributed by atoms with van der Waals surface area (Å²) in [6.45, 7) is 3.75. The number of carbonyl (C=O) groups is 1. The van der Waals surface area contributed by atoms with Crippen LogP contribution >= 0.6 is 23.2 Å². The van der Waals surface area contributed by atoms with Gasteiger partial charge in [0, 0.05) is 25.2 Å². The van der Waals surface area contributed by atoms with E-state index in [1.165, 1.54) is 12.5 Å². The molecule has 0 aromatic heterocycles. The van der Waals surface area contributed by atoms with E-state index in [1.54, 1.807) is 0 Å². The number of benzene rings is 1. The SMILES string of the molecule is O=C(NCC1(N2CCOCC2)CCCCC1)c1cc(F)c(Cl)cc1Cl. The number of nitrogens with one attached hydrogen (secondary N) is 1. The first-order chi connectivity index (χ1) is 12.0. The molecule has 1 aromatic carbocycles. The number of ether oxygens (including phenoxy) is 1. The van der Waals surface area contributed by atoms with Crippen LogP contribution < -0.4 is 5.32 Å². The van der Waals surface area contributed by atoms with Crippen molar-refractivity contribution >= 4 is 29.1 Å². The molecule has 1 aliphatic carbocycles. The van der Waals surface area contributed by atoms with Crippen LogP contribution in [0, 0.1) is 5.82 Å². The van der Waals surface area contributed by atoms with Crippen molar-refractivity contribution in [1.82, 2.24) is 10.2 Å². The van der Waals surface area contributed by atoms with Gasteiger partial charge in [-0.15, -0.1) is 0 Å². The molecule has 2 aliphatic rings. The molecule has 7 heteroatoms. The Labute approximate surface area is 157 Å². The van der Waals surface area contributed by atoms with E-state index in [0.717, 1.165) is 58.1 Å². The molecule has 1 N–H and O–H groups in total. The predicted molar refractivity (Wildman–Crippen MR) is 97.0 cm³/mol. The first-order valence-corrected chi connectivity index (χ1v) is 9.53. The lowest BCUT2D eigenvalue weighted by atomic mass is 9.79. The van der Waals surface area contributed by atoms with Crippen LogP contribution in [0.1, 0.15) is 42.5 Å². The van der Waals surface area contributed by atoms with E-state index in [1.807, 2.05) is 0 Å². The quantitative estimate of drug-likeness (QED) is 0.795. The van der Waals surface area contributed by atoms with E-state index in [4.69, 9.17) is 27.9 Å². The Kier molecular flexibility index (Phi) is 6.21. The van der Waals surface area contributed by atoms with Crippen LogP contribution in [-0.2, 0) is 4.74 Å². The molecular weight excluding hydrogens is 366 g/mol. The van der Waals surface area contributed by atoms with Gasteiger partial charge >= 0.3 is 0 Å². The van der Waals surface area contributed by atoms with Gasteiger partial charge in [0.15, 0.2) is 0 Å². The van der Waals surface area contributed by atoms with Gasteiger partial charge in [0.25, 0.3) is 5.91 Å². The van der Waals surface area contributed by atoms with E-state index < -0.39 is 5.82 Å². The second kappa shape index (κ2) is 8.21. The Morgan fingerprint density at radius 3 is 2.52 bits per heavy atom. The van der Waals surface area contributed by atoms with Gasteiger partial charge in [-0.1, -0.05) is 42.5 Å². The minimum atomic E-state index is -0.642. The average molecular weight is 389 g/mol. The molecule has 1 amide bonds. The van der Waals surface area contributed by atoms with Gasteiger partial charge in [0.05, 0.1) is 28.8 Å². The zero-order valence-corrected chi connectivity index (χ0v) is 15.6. The molecule has 4 nitrogen and oxygen atoms in total. The summed E-state index contributed by atoms with van der Waals surface area (Å²) in [4.78, 5) is 15.0. The maximum absolute atomic E-state index is 13.7. The van der Waals surface area contributed by atoms with Crippen molar-refractivity contribution in [3.05, 3.63) is 33.6 Å². The first-order valence-electron chi connectivity index (χ1n) is 8.77. The Morgan fingerprint density at radius 1 is 1.16 bits per heavy atom. The fraction of sp³-hybridized carbons (Fsp3) is 0.611. The van der Waals surface area contributed by atoms with Gasteiger partial charge in [0.2, 0.25) is 0 Å². The summed E-state index contributed by atoms with van der Waals surface area (Å²) in [5.41, 5.74) is 0.0753. The first kappa shape index (κ1) is 18.9. The molecule has 0 spiro atoms. The van der Waals surface area contributed by atoms with Crippen LogP contribution in [0.2, 0.25) is 10.0 Å². The maximum atomic E-state index is 13.7. The fourth-order valence-electron chi connectivity index (χ4n) is 3.89. The van der Waals surface area contributed by atoms with Crippen molar-refractivity contribution in [2.45, 2.75) is 37.6 Å². The largest absolute Gasteiger partial charge is 0.379 e. The van der Waals surface area contributed by atoms with Crippen LogP contribution in [-0.4, -0.2) is 49.2 Å². The number of rotatable bonds is 4. The number of morpholine rings is 1. The molecule has 0 unspecified atom stereocenters. The van der Waals surface area contributed by atoms with Crippen molar-refractivity contribution in [1.29, 1.82) is 0 Å². The summed E-state index contributed by atoms with van der Waals surface area (Å²) in [6, 6.07) is 2.37. The standard InChI is InChI=1S/C18H23Cl2FN2O2/c19-14-11-15(20)16(21)10-13(14)17(24)22-12-18(4-2-1-3-5-18)23-6-8-25-9-7-23/h10-11H,1-9,12H2,(H,22,24). The number of hydrogen-bond acceptors (Lipinski definition) is 3. The zero-order chi connectivity index (χ0) is 17.9. The van der Waals surface area contributed by atoms with Gasteiger partial charge < -0.3 is 10.1 Å². The molecule has 25 heavy (non-hydrogen) atoms. The molecule has 138 valence electrons. The summed E-state index contributed by atoms with van der Waals surface area (Å²) in [5.74, 6) is -1.00. The zero-order valence-electron chi connectivity index (χ0n) is 14.1. The Hall–Kier alpha value is -0.880. The average Bonchev–Trinajstić information content (AvgIpc) is 2.64. The molecule has 1 heterocycles. The van der Waals surface area contributed by atoms with Gasteiger partial charge in [-0.2, -0.15) is 0 Å². The highest BCUT2D eigenvalue weighted by Crippen LogP contribution is 2.34. The van der Waals surface area contributed by atoms with Gasteiger partial charge in [-0.05, 0) is 25.0 Å². The predicted octanol–water partition coefficient (Wildman–Crippen LogP) is 3.90. The lowest BCUT2D eigenvalue weighted by molar-refractivity contribution is -0.0361. The number of hydrogen-bond donors (Lipinski definition) is 1. The Balaban J connectivity index is 1.72. The summed E-state index contributed by atoms with van der Waals surface area (Å²) >= 11 is 11.8. The molecule has 0 atom stereocenters. The number of amides is 1. The van der Waals surface area contributed by atoms with Gasteiger partial charge in [-0.3, -0.25) is 9.69 Å².